The minimum atomic E-state index is -0.0127. The van der Waals surface area contributed by atoms with E-state index in [9.17, 15) is 0 Å². The van der Waals surface area contributed by atoms with Crippen LogP contribution in [0.3, 0.4) is 0 Å². The van der Waals surface area contributed by atoms with Crippen LogP contribution in [-0.4, -0.2) is 21.7 Å². The number of nitrogens with two attached hydrogens (primary N) is 2. The smallest absolute Gasteiger partial charge is 0.0211 e. The number of halogens is 2. The third kappa shape index (κ3) is 6.51. The summed E-state index contributed by atoms with van der Waals surface area (Å²) in [7, 11) is 0. The Balaban J connectivity index is 2.48. The highest BCUT2D eigenvalue weighted by Gasteiger charge is 2.57. The van der Waals surface area contributed by atoms with Crippen molar-refractivity contribution in [3.05, 3.63) is 0 Å². The second-order valence-electron chi connectivity index (χ2n) is 11.3. The Morgan fingerprint density at radius 2 is 0.968 bits per heavy atom. The predicted octanol–water partition coefficient (Wildman–Crippen LogP) is 8.62. The Labute approximate surface area is 211 Å². The zero-order valence-electron chi connectivity index (χ0n) is 20.8. The van der Waals surface area contributed by atoms with Crippen molar-refractivity contribution in [1.82, 2.24) is 0 Å². The van der Waals surface area contributed by atoms with E-state index in [-0.39, 0.29) is 21.9 Å². The van der Waals surface area contributed by atoms with Gasteiger partial charge in [-0.2, -0.15) is 0 Å². The van der Waals surface area contributed by atoms with Crippen molar-refractivity contribution >= 4 is 31.9 Å². The van der Waals surface area contributed by atoms with E-state index in [1.807, 2.05) is 0 Å². The zero-order valence-corrected chi connectivity index (χ0v) is 23.9. The van der Waals surface area contributed by atoms with E-state index in [1.165, 1.54) is 122 Å². The van der Waals surface area contributed by atoms with Gasteiger partial charge in [0, 0.05) is 21.7 Å². The van der Waals surface area contributed by atoms with Crippen LogP contribution in [0.15, 0.2) is 0 Å². The Morgan fingerprint density at radius 3 is 1.32 bits per heavy atom. The fourth-order valence-corrected chi connectivity index (χ4v) is 8.07. The molecule has 0 bridgehead atoms. The van der Waals surface area contributed by atoms with Crippen LogP contribution >= 0.6 is 31.9 Å². The molecule has 0 aromatic heterocycles. The highest BCUT2D eigenvalue weighted by atomic mass is 79.9. The molecule has 4 heteroatoms. The summed E-state index contributed by atoms with van der Waals surface area (Å²) in [5.74, 6) is 0. The van der Waals surface area contributed by atoms with Gasteiger partial charge in [0.1, 0.15) is 0 Å². The van der Waals surface area contributed by atoms with E-state index in [2.05, 4.69) is 45.7 Å². The maximum atomic E-state index is 7.49. The van der Waals surface area contributed by atoms with Crippen LogP contribution in [0, 0.1) is 10.8 Å². The summed E-state index contributed by atoms with van der Waals surface area (Å²) in [5.41, 5.74) is 15.5. The molecule has 0 aliphatic heterocycles. The fourth-order valence-electron chi connectivity index (χ4n) is 7.51. The third-order valence-electron chi connectivity index (χ3n) is 9.38. The summed E-state index contributed by atoms with van der Waals surface area (Å²) in [6.45, 7) is 4.70. The largest absolute Gasteiger partial charge is 0.325 e. The summed E-state index contributed by atoms with van der Waals surface area (Å²) in [6.07, 6.45) is 24.3. The predicted molar refractivity (Wildman–Crippen MR) is 145 cm³/mol. The quantitative estimate of drug-likeness (QED) is 0.208. The van der Waals surface area contributed by atoms with Gasteiger partial charge in [0.05, 0.1) is 0 Å². The molecule has 2 aliphatic carbocycles. The van der Waals surface area contributed by atoms with Gasteiger partial charge in [-0.15, -0.1) is 0 Å². The molecular formula is C27H52Br2N2. The van der Waals surface area contributed by atoms with Crippen LogP contribution in [-0.2, 0) is 0 Å². The number of hydrogen-bond acceptors (Lipinski definition) is 2. The molecule has 4 unspecified atom stereocenters. The van der Waals surface area contributed by atoms with Gasteiger partial charge < -0.3 is 11.5 Å². The van der Waals surface area contributed by atoms with E-state index in [0.29, 0.717) is 0 Å². The molecule has 0 spiro atoms. The molecule has 2 rings (SSSR count). The van der Waals surface area contributed by atoms with Gasteiger partial charge in [0.2, 0.25) is 0 Å². The van der Waals surface area contributed by atoms with Crippen LogP contribution < -0.4 is 11.5 Å². The maximum absolute atomic E-state index is 7.49. The van der Waals surface area contributed by atoms with Crippen molar-refractivity contribution in [2.75, 3.05) is 10.7 Å². The molecule has 0 aromatic rings. The van der Waals surface area contributed by atoms with Gasteiger partial charge >= 0.3 is 0 Å². The standard InChI is InChI=1S/C27H52Br2N2/c1-3-5-13-24(15-7-9-17-26(24,30)19-11-21-28)23-25(14-6-4-2)16-8-10-18-27(25,31)20-12-22-29/h3-23,30-31H2,1-2H3. The highest BCUT2D eigenvalue weighted by Crippen LogP contribution is 2.61. The van der Waals surface area contributed by atoms with Gasteiger partial charge in [-0.05, 0) is 81.5 Å². The summed E-state index contributed by atoms with van der Waals surface area (Å²) < 4.78 is 0. The molecule has 2 aliphatic rings. The number of unbranched alkanes of at least 4 members (excludes halogenated alkanes) is 2. The van der Waals surface area contributed by atoms with Gasteiger partial charge in [0.15, 0.2) is 0 Å². The SMILES string of the molecule is CCCCC1(CC2(CCCC)CCCCC2(N)CCCBr)CCCCC1(N)CCCBr. The molecule has 0 aromatic carbocycles. The van der Waals surface area contributed by atoms with Crippen LogP contribution in [0.25, 0.3) is 0 Å². The molecule has 2 fully saturated rings. The number of rotatable bonds is 14. The fraction of sp³-hybridized carbons (Fsp3) is 1.00. The average molecular weight is 565 g/mol. The molecule has 4 N–H and O–H groups in total. The molecule has 0 radical (unpaired) electrons. The van der Waals surface area contributed by atoms with Crippen molar-refractivity contribution in [2.45, 2.75) is 147 Å². The minimum absolute atomic E-state index is 0.0127. The average Bonchev–Trinajstić information content (AvgIpc) is 2.77. The van der Waals surface area contributed by atoms with Crippen LogP contribution in [0.2, 0.25) is 0 Å². The summed E-state index contributed by atoms with van der Waals surface area (Å²) in [4.78, 5) is 0. The number of alkyl halides is 2. The van der Waals surface area contributed by atoms with Gasteiger partial charge in [-0.25, -0.2) is 0 Å². The zero-order chi connectivity index (χ0) is 22.8. The maximum Gasteiger partial charge on any atom is 0.0211 e. The van der Waals surface area contributed by atoms with Crippen molar-refractivity contribution in [1.29, 1.82) is 0 Å². The highest BCUT2D eigenvalue weighted by molar-refractivity contribution is 9.09. The molecule has 31 heavy (non-hydrogen) atoms. The topological polar surface area (TPSA) is 52.0 Å². The molecule has 0 amide bonds. The Morgan fingerprint density at radius 1 is 0.581 bits per heavy atom. The van der Waals surface area contributed by atoms with E-state index in [1.54, 1.807) is 0 Å². The van der Waals surface area contributed by atoms with E-state index >= 15 is 0 Å². The van der Waals surface area contributed by atoms with Crippen LogP contribution in [0.5, 0.6) is 0 Å². The molecule has 184 valence electrons. The molecule has 0 heterocycles. The molecule has 4 atom stereocenters. The van der Waals surface area contributed by atoms with Gasteiger partial charge in [0.25, 0.3) is 0 Å². The van der Waals surface area contributed by atoms with Crippen molar-refractivity contribution in [3.63, 3.8) is 0 Å². The molecule has 0 saturated heterocycles. The second-order valence-corrected chi connectivity index (χ2v) is 12.8. The monoisotopic (exact) mass is 562 g/mol. The third-order valence-corrected chi connectivity index (χ3v) is 10.5. The molecule has 2 saturated carbocycles. The van der Waals surface area contributed by atoms with E-state index in [0.717, 1.165) is 10.7 Å². The lowest BCUT2D eigenvalue weighted by molar-refractivity contribution is -0.0637. The Hall–Kier alpha value is 0.880. The molecular weight excluding hydrogens is 512 g/mol. The van der Waals surface area contributed by atoms with E-state index < -0.39 is 0 Å². The first-order valence-electron chi connectivity index (χ1n) is 13.6. The number of hydrogen-bond donors (Lipinski definition) is 2. The summed E-state index contributed by atoms with van der Waals surface area (Å²) in [5, 5.41) is 2.14. The lowest BCUT2D eigenvalue weighted by Crippen LogP contribution is -2.64. The van der Waals surface area contributed by atoms with Crippen molar-refractivity contribution in [3.8, 4) is 0 Å². The first-order valence-corrected chi connectivity index (χ1v) is 15.8. The minimum Gasteiger partial charge on any atom is -0.325 e. The normalized spacial score (nSPS) is 36.6. The Kier molecular flexibility index (Phi) is 11.9. The lowest BCUT2D eigenvalue weighted by Gasteiger charge is -2.61. The van der Waals surface area contributed by atoms with Gasteiger partial charge in [-0.3, -0.25) is 0 Å². The van der Waals surface area contributed by atoms with Crippen molar-refractivity contribution in [2.24, 2.45) is 22.3 Å². The van der Waals surface area contributed by atoms with E-state index in [4.69, 9.17) is 11.5 Å². The van der Waals surface area contributed by atoms with Crippen LogP contribution in [0.1, 0.15) is 136 Å². The van der Waals surface area contributed by atoms with Crippen molar-refractivity contribution < 1.29 is 0 Å². The molecule has 2 nitrogen and oxygen atoms in total. The first-order chi connectivity index (χ1) is 14.9. The Bertz CT molecular complexity index is 471. The summed E-state index contributed by atoms with van der Waals surface area (Å²) in [6, 6.07) is 0. The van der Waals surface area contributed by atoms with Crippen LogP contribution in [0.4, 0.5) is 0 Å². The summed E-state index contributed by atoms with van der Waals surface area (Å²) >= 11 is 7.40. The second kappa shape index (κ2) is 13.1. The van der Waals surface area contributed by atoms with Gasteiger partial charge in [-0.1, -0.05) is 97.1 Å². The first kappa shape index (κ1) is 28.1. The lowest BCUT2D eigenvalue weighted by atomic mass is 9.46.